The summed E-state index contributed by atoms with van der Waals surface area (Å²) in [5, 5.41) is 0. The van der Waals surface area contributed by atoms with Crippen LogP contribution >= 0.6 is 0 Å². The fourth-order valence-corrected chi connectivity index (χ4v) is 2.27. The molecular formula is C13H19FN2O. The lowest BCUT2D eigenvalue weighted by Gasteiger charge is -2.23. The van der Waals surface area contributed by atoms with E-state index in [1.807, 2.05) is 12.1 Å². The minimum Gasteiger partial charge on any atom is -0.490 e. The van der Waals surface area contributed by atoms with Gasteiger partial charge in [-0.05, 0) is 37.9 Å². The average molecular weight is 238 g/mol. The summed E-state index contributed by atoms with van der Waals surface area (Å²) in [5.74, 6) is 0.810. The largest absolute Gasteiger partial charge is 0.490 e. The molecule has 0 unspecified atom stereocenters. The fraction of sp³-hybridized carbons (Fsp3) is 0.615. The van der Waals surface area contributed by atoms with Gasteiger partial charge in [0.25, 0.3) is 0 Å². The SMILES string of the molecule is FCCCN1CCC[C@H]1COc1cccnc1. The minimum atomic E-state index is -0.229. The molecule has 0 aromatic carbocycles. The first-order valence-corrected chi connectivity index (χ1v) is 6.23. The van der Waals surface area contributed by atoms with Crippen molar-refractivity contribution in [1.82, 2.24) is 9.88 Å². The summed E-state index contributed by atoms with van der Waals surface area (Å²) in [6.07, 6.45) is 6.42. The predicted octanol–water partition coefficient (Wildman–Crippen LogP) is 2.28. The monoisotopic (exact) mass is 238 g/mol. The van der Waals surface area contributed by atoms with E-state index in [0.29, 0.717) is 19.1 Å². The first-order valence-electron chi connectivity index (χ1n) is 6.23. The van der Waals surface area contributed by atoms with E-state index >= 15 is 0 Å². The normalized spacial score (nSPS) is 20.6. The molecule has 1 saturated heterocycles. The average Bonchev–Trinajstić information content (AvgIpc) is 2.82. The predicted molar refractivity (Wildman–Crippen MR) is 64.9 cm³/mol. The van der Waals surface area contributed by atoms with Crippen molar-refractivity contribution < 1.29 is 9.13 Å². The maximum absolute atomic E-state index is 12.2. The van der Waals surface area contributed by atoms with E-state index in [2.05, 4.69) is 9.88 Å². The van der Waals surface area contributed by atoms with E-state index in [4.69, 9.17) is 4.74 Å². The number of halogens is 1. The third-order valence-electron chi connectivity index (χ3n) is 3.15. The van der Waals surface area contributed by atoms with Crippen LogP contribution in [0, 0.1) is 0 Å². The molecule has 2 heterocycles. The number of pyridine rings is 1. The molecule has 0 spiro atoms. The van der Waals surface area contributed by atoms with Gasteiger partial charge in [0.2, 0.25) is 0 Å². The first kappa shape index (κ1) is 12.3. The molecular weight excluding hydrogens is 219 g/mol. The lowest BCUT2D eigenvalue weighted by Crippen LogP contribution is -2.35. The quantitative estimate of drug-likeness (QED) is 0.760. The highest BCUT2D eigenvalue weighted by atomic mass is 19.1. The van der Waals surface area contributed by atoms with Crippen molar-refractivity contribution in [1.29, 1.82) is 0 Å². The summed E-state index contributed by atoms with van der Waals surface area (Å²) in [5.41, 5.74) is 0. The zero-order valence-corrected chi connectivity index (χ0v) is 10.0. The van der Waals surface area contributed by atoms with Crippen LogP contribution < -0.4 is 4.74 Å². The molecule has 0 N–H and O–H groups in total. The van der Waals surface area contributed by atoms with Crippen LogP contribution in [0.1, 0.15) is 19.3 Å². The van der Waals surface area contributed by atoms with Crippen LogP contribution in [0.4, 0.5) is 4.39 Å². The third kappa shape index (κ3) is 3.66. The summed E-state index contributed by atoms with van der Waals surface area (Å²) in [7, 11) is 0. The molecule has 0 saturated carbocycles. The highest BCUT2D eigenvalue weighted by Gasteiger charge is 2.24. The molecule has 1 aliphatic rings. The topological polar surface area (TPSA) is 25.4 Å². The lowest BCUT2D eigenvalue weighted by molar-refractivity contribution is 0.168. The van der Waals surface area contributed by atoms with Gasteiger partial charge in [-0.25, -0.2) is 0 Å². The van der Waals surface area contributed by atoms with Crippen LogP contribution in [0.25, 0.3) is 0 Å². The maximum atomic E-state index is 12.2. The molecule has 3 nitrogen and oxygen atoms in total. The summed E-state index contributed by atoms with van der Waals surface area (Å²) >= 11 is 0. The molecule has 0 radical (unpaired) electrons. The summed E-state index contributed by atoms with van der Waals surface area (Å²) in [6, 6.07) is 4.21. The Labute approximate surface area is 102 Å². The summed E-state index contributed by atoms with van der Waals surface area (Å²) in [4.78, 5) is 6.34. The van der Waals surface area contributed by atoms with Gasteiger partial charge >= 0.3 is 0 Å². The van der Waals surface area contributed by atoms with Crippen molar-refractivity contribution in [2.45, 2.75) is 25.3 Å². The van der Waals surface area contributed by atoms with Gasteiger partial charge in [0.1, 0.15) is 12.4 Å². The van der Waals surface area contributed by atoms with Gasteiger partial charge in [0.05, 0.1) is 12.9 Å². The van der Waals surface area contributed by atoms with Gasteiger partial charge in [0.15, 0.2) is 0 Å². The Morgan fingerprint density at radius 3 is 3.24 bits per heavy atom. The summed E-state index contributed by atoms with van der Waals surface area (Å²) < 4.78 is 17.9. The van der Waals surface area contributed by atoms with E-state index in [-0.39, 0.29) is 6.67 Å². The Morgan fingerprint density at radius 2 is 2.47 bits per heavy atom. The Hall–Kier alpha value is -1.16. The molecule has 1 aromatic heterocycles. The van der Waals surface area contributed by atoms with E-state index in [1.165, 1.54) is 6.42 Å². The summed E-state index contributed by atoms with van der Waals surface area (Å²) in [6.45, 7) is 2.36. The number of nitrogens with zero attached hydrogens (tertiary/aromatic N) is 2. The van der Waals surface area contributed by atoms with E-state index in [0.717, 1.165) is 25.3 Å². The smallest absolute Gasteiger partial charge is 0.137 e. The molecule has 2 rings (SSSR count). The van der Waals surface area contributed by atoms with Gasteiger partial charge < -0.3 is 4.74 Å². The van der Waals surface area contributed by atoms with Crippen LogP contribution in [-0.2, 0) is 0 Å². The zero-order chi connectivity index (χ0) is 11.9. The number of hydrogen-bond donors (Lipinski definition) is 0. The fourth-order valence-electron chi connectivity index (χ4n) is 2.27. The maximum Gasteiger partial charge on any atom is 0.137 e. The molecule has 1 atom stereocenters. The molecule has 4 heteroatoms. The molecule has 17 heavy (non-hydrogen) atoms. The Morgan fingerprint density at radius 1 is 1.53 bits per heavy atom. The standard InChI is InChI=1S/C13H19FN2O/c14-6-3-9-16-8-2-4-12(16)11-17-13-5-1-7-15-10-13/h1,5,7,10,12H,2-4,6,8-9,11H2/t12-/m0/s1. The number of likely N-dealkylation sites (tertiary alicyclic amines) is 1. The second-order valence-corrected chi connectivity index (χ2v) is 4.37. The second kappa shape index (κ2) is 6.55. The minimum absolute atomic E-state index is 0.229. The highest BCUT2D eigenvalue weighted by Crippen LogP contribution is 2.18. The molecule has 1 aliphatic heterocycles. The van der Waals surface area contributed by atoms with Crippen molar-refractivity contribution in [3.63, 3.8) is 0 Å². The lowest BCUT2D eigenvalue weighted by atomic mass is 10.2. The number of hydrogen-bond acceptors (Lipinski definition) is 3. The molecule has 0 aliphatic carbocycles. The van der Waals surface area contributed by atoms with Gasteiger partial charge in [-0.15, -0.1) is 0 Å². The molecule has 1 fully saturated rings. The number of rotatable bonds is 6. The van der Waals surface area contributed by atoms with Gasteiger partial charge in [-0.1, -0.05) is 0 Å². The Balaban J connectivity index is 1.78. The highest BCUT2D eigenvalue weighted by molar-refractivity contribution is 5.15. The molecule has 1 aromatic rings. The van der Waals surface area contributed by atoms with Crippen LogP contribution in [0.3, 0.4) is 0 Å². The molecule has 0 amide bonds. The third-order valence-corrected chi connectivity index (χ3v) is 3.15. The molecule has 0 bridgehead atoms. The van der Waals surface area contributed by atoms with Crippen LogP contribution in [0.5, 0.6) is 5.75 Å². The van der Waals surface area contributed by atoms with E-state index < -0.39 is 0 Å². The van der Waals surface area contributed by atoms with Crippen LogP contribution in [0.2, 0.25) is 0 Å². The van der Waals surface area contributed by atoms with Gasteiger partial charge in [-0.2, -0.15) is 0 Å². The first-order chi connectivity index (χ1) is 8.40. The van der Waals surface area contributed by atoms with Crippen molar-refractivity contribution >= 4 is 0 Å². The Kier molecular flexibility index (Phi) is 4.74. The van der Waals surface area contributed by atoms with Gasteiger partial charge in [-0.3, -0.25) is 14.3 Å². The number of alkyl halides is 1. The van der Waals surface area contributed by atoms with Crippen LogP contribution in [-0.4, -0.2) is 42.3 Å². The zero-order valence-electron chi connectivity index (χ0n) is 10.0. The van der Waals surface area contributed by atoms with Crippen molar-refractivity contribution in [3.8, 4) is 5.75 Å². The molecule has 94 valence electrons. The van der Waals surface area contributed by atoms with Crippen LogP contribution in [0.15, 0.2) is 24.5 Å². The number of ether oxygens (including phenoxy) is 1. The van der Waals surface area contributed by atoms with E-state index in [1.54, 1.807) is 12.4 Å². The van der Waals surface area contributed by atoms with Crippen molar-refractivity contribution in [2.24, 2.45) is 0 Å². The van der Waals surface area contributed by atoms with Crippen molar-refractivity contribution in [2.75, 3.05) is 26.4 Å². The van der Waals surface area contributed by atoms with E-state index in [9.17, 15) is 4.39 Å². The Bertz CT molecular complexity index is 320. The van der Waals surface area contributed by atoms with Gasteiger partial charge in [0, 0.05) is 18.8 Å². The second-order valence-electron chi connectivity index (χ2n) is 4.37. The van der Waals surface area contributed by atoms with Crippen molar-refractivity contribution in [3.05, 3.63) is 24.5 Å². The number of aromatic nitrogens is 1.